The maximum absolute atomic E-state index is 11.5. The first-order chi connectivity index (χ1) is 4.83. The van der Waals surface area contributed by atoms with Crippen molar-refractivity contribution >= 4 is 0 Å². The molecule has 2 unspecified atom stereocenters. The Kier molecular flexibility index (Phi) is 3.82. The Morgan fingerprint density at radius 1 is 1.36 bits per heavy atom. The van der Waals surface area contributed by atoms with Crippen LogP contribution in [0, 0.1) is 0 Å². The third-order valence-corrected chi connectivity index (χ3v) is 1.25. The van der Waals surface area contributed by atoms with E-state index >= 15 is 0 Å². The summed E-state index contributed by atoms with van der Waals surface area (Å²) >= 11 is 0. The van der Waals surface area contributed by atoms with Gasteiger partial charge >= 0.3 is 6.18 Å². The SMILES string of the molecule is CC(N)C(C)OCC(F)(F)F. The minimum absolute atomic E-state index is 0.377. The van der Waals surface area contributed by atoms with E-state index in [9.17, 15) is 13.2 Å². The Hall–Kier alpha value is -0.290. The minimum atomic E-state index is -4.26. The first-order valence-corrected chi connectivity index (χ1v) is 3.27. The van der Waals surface area contributed by atoms with Gasteiger partial charge in [0, 0.05) is 6.04 Å². The van der Waals surface area contributed by atoms with Gasteiger partial charge in [0.15, 0.2) is 0 Å². The van der Waals surface area contributed by atoms with Gasteiger partial charge in [-0.3, -0.25) is 0 Å². The van der Waals surface area contributed by atoms with Crippen LogP contribution in [0.2, 0.25) is 0 Å². The third kappa shape index (κ3) is 6.12. The van der Waals surface area contributed by atoms with E-state index in [-0.39, 0.29) is 6.04 Å². The van der Waals surface area contributed by atoms with Crippen LogP contribution in [0.3, 0.4) is 0 Å². The monoisotopic (exact) mass is 171 g/mol. The van der Waals surface area contributed by atoms with Crippen molar-refractivity contribution in [3.8, 4) is 0 Å². The Bertz CT molecular complexity index is 113. The molecule has 0 rings (SSSR count). The van der Waals surface area contributed by atoms with Gasteiger partial charge in [-0.05, 0) is 13.8 Å². The molecule has 0 amide bonds. The molecule has 0 aliphatic carbocycles. The fraction of sp³-hybridized carbons (Fsp3) is 1.00. The fourth-order valence-corrected chi connectivity index (χ4v) is 0.378. The molecule has 0 saturated heterocycles. The molecule has 2 atom stereocenters. The molecule has 0 bridgehead atoms. The van der Waals surface area contributed by atoms with E-state index in [4.69, 9.17) is 5.73 Å². The first kappa shape index (κ1) is 10.7. The summed E-state index contributed by atoms with van der Waals surface area (Å²) in [6.07, 6.45) is -4.82. The van der Waals surface area contributed by atoms with Crippen LogP contribution in [0.4, 0.5) is 13.2 Å². The second-order valence-electron chi connectivity index (χ2n) is 2.49. The van der Waals surface area contributed by atoms with Gasteiger partial charge in [0.25, 0.3) is 0 Å². The van der Waals surface area contributed by atoms with Crippen molar-refractivity contribution in [1.82, 2.24) is 0 Å². The molecule has 0 saturated carbocycles. The van der Waals surface area contributed by atoms with E-state index in [0.717, 1.165) is 0 Å². The Balaban J connectivity index is 3.54. The van der Waals surface area contributed by atoms with Gasteiger partial charge in [0.2, 0.25) is 0 Å². The summed E-state index contributed by atoms with van der Waals surface area (Å²) in [5.41, 5.74) is 5.27. The molecule has 0 spiro atoms. The highest BCUT2D eigenvalue weighted by Gasteiger charge is 2.28. The van der Waals surface area contributed by atoms with Gasteiger partial charge in [-0.25, -0.2) is 0 Å². The summed E-state index contributed by atoms with van der Waals surface area (Å²) < 4.78 is 39.0. The zero-order valence-electron chi connectivity index (χ0n) is 6.48. The molecule has 0 aromatic rings. The number of halogens is 3. The molecule has 0 aromatic carbocycles. The number of alkyl halides is 3. The molecule has 0 aromatic heterocycles. The highest BCUT2D eigenvalue weighted by molar-refractivity contribution is 4.63. The van der Waals surface area contributed by atoms with E-state index in [1.165, 1.54) is 6.92 Å². The van der Waals surface area contributed by atoms with Crippen LogP contribution >= 0.6 is 0 Å². The van der Waals surface area contributed by atoms with Crippen LogP contribution in [-0.2, 0) is 4.74 Å². The summed E-state index contributed by atoms with van der Waals surface area (Å²) in [4.78, 5) is 0. The third-order valence-electron chi connectivity index (χ3n) is 1.25. The molecular weight excluding hydrogens is 159 g/mol. The van der Waals surface area contributed by atoms with Gasteiger partial charge in [-0.2, -0.15) is 13.2 Å². The normalized spacial score (nSPS) is 18.0. The van der Waals surface area contributed by atoms with Gasteiger partial charge in [0.05, 0.1) is 6.10 Å². The predicted molar refractivity (Wildman–Crippen MR) is 35.1 cm³/mol. The molecule has 2 nitrogen and oxygen atoms in total. The van der Waals surface area contributed by atoms with Crippen LogP contribution in [0.15, 0.2) is 0 Å². The standard InChI is InChI=1S/C6H12F3NO/c1-4(10)5(2)11-3-6(7,8)9/h4-5H,3,10H2,1-2H3. The molecule has 0 fully saturated rings. The van der Waals surface area contributed by atoms with Crippen LogP contribution in [0.25, 0.3) is 0 Å². The summed E-state index contributed by atoms with van der Waals surface area (Å²) in [5.74, 6) is 0. The van der Waals surface area contributed by atoms with Crippen molar-refractivity contribution in [1.29, 1.82) is 0 Å². The van der Waals surface area contributed by atoms with Crippen molar-refractivity contribution in [3.63, 3.8) is 0 Å². The summed E-state index contributed by atoms with van der Waals surface area (Å²) in [5, 5.41) is 0. The van der Waals surface area contributed by atoms with E-state index in [0.29, 0.717) is 0 Å². The number of hydrogen-bond donors (Lipinski definition) is 1. The van der Waals surface area contributed by atoms with Crippen LogP contribution in [0.5, 0.6) is 0 Å². The van der Waals surface area contributed by atoms with Crippen LogP contribution in [0.1, 0.15) is 13.8 Å². The van der Waals surface area contributed by atoms with Crippen molar-refractivity contribution in [3.05, 3.63) is 0 Å². The zero-order valence-corrected chi connectivity index (χ0v) is 6.48. The fourth-order valence-electron chi connectivity index (χ4n) is 0.378. The average molecular weight is 171 g/mol. The van der Waals surface area contributed by atoms with Crippen LogP contribution in [-0.4, -0.2) is 24.9 Å². The molecule has 11 heavy (non-hydrogen) atoms. The van der Waals surface area contributed by atoms with Crippen molar-refractivity contribution in [2.45, 2.75) is 32.2 Å². The molecule has 0 heterocycles. The molecule has 0 aliphatic heterocycles. The zero-order chi connectivity index (χ0) is 9.07. The lowest BCUT2D eigenvalue weighted by molar-refractivity contribution is -0.184. The van der Waals surface area contributed by atoms with Crippen molar-refractivity contribution in [2.24, 2.45) is 5.73 Å². The molecule has 68 valence electrons. The second-order valence-corrected chi connectivity index (χ2v) is 2.49. The highest BCUT2D eigenvalue weighted by atomic mass is 19.4. The second kappa shape index (κ2) is 3.92. The van der Waals surface area contributed by atoms with Crippen molar-refractivity contribution in [2.75, 3.05) is 6.61 Å². The maximum atomic E-state index is 11.5. The first-order valence-electron chi connectivity index (χ1n) is 3.27. The Morgan fingerprint density at radius 3 is 2.09 bits per heavy atom. The summed E-state index contributed by atoms with van der Waals surface area (Å²) in [6.45, 7) is 1.88. The van der Waals surface area contributed by atoms with Gasteiger partial charge in [0.1, 0.15) is 6.61 Å². The smallest absolute Gasteiger partial charge is 0.367 e. The minimum Gasteiger partial charge on any atom is -0.367 e. The molecule has 2 N–H and O–H groups in total. The number of ether oxygens (including phenoxy) is 1. The van der Waals surface area contributed by atoms with E-state index < -0.39 is 18.9 Å². The average Bonchev–Trinajstić information content (AvgIpc) is 1.80. The quantitative estimate of drug-likeness (QED) is 0.694. The lowest BCUT2D eigenvalue weighted by atomic mass is 10.2. The molecule has 0 aliphatic rings. The number of nitrogens with two attached hydrogens (primary N) is 1. The molecule has 5 heteroatoms. The predicted octanol–water partition coefficient (Wildman–Crippen LogP) is 1.30. The lowest BCUT2D eigenvalue weighted by Gasteiger charge is -2.17. The summed E-state index contributed by atoms with van der Waals surface area (Å²) in [7, 11) is 0. The van der Waals surface area contributed by atoms with E-state index in [1.54, 1.807) is 6.92 Å². The number of rotatable bonds is 3. The van der Waals surface area contributed by atoms with Gasteiger partial charge < -0.3 is 10.5 Å². The highest BCUT2D eigenvalue weighted by Crippen LogP contribution is 2.15. The van der Waals surface area contributed by atoms with E-state index in [1.807, 2.05) is 0 Å². The summed E-state index contributed by atoms with van der Waals surface area (Å²) in [6, 6.07) is -0.377. The Labute approximate surface area is 63.5 Å². The van der Waals surface area contributed by atoms with E-state index in [2.05, 4.69) is 4.74 Å². The number of hydrogen-bond acceptors (Lipinski definition) is 2. The maximum Gasteiger partial charge on any atom is 0.411 e. The Morgan fingerprint density at radius 2 is 1.82 bits per heavy atom. The molecular formula is C6H12F3NO. The van der Waals surface area contributed by atoms with Gasteiger partial charge in [-0.15, -0.1) is 0 Å². The largest absolute Gasteiger partial charge is 0.411 e. The molecule has 0 radical (unpaired) electrons. The van der Waals surface area contributed by atoms with Gasteiger partial charge in [-0.1, -0.05) is 0 Å². The van der Waals surface area contributed by atoms with Crippen molar-refractivity contribution < 1.29 is 17.9 Å². The lowest BCUT2D eigenvalue weighted by Crippen LogP contribution is -2.34. The topological polar surface area (TPSA) is 35.2 Å². The van der Waals surface area contributed by atoms with Crippen LogP contribution < -0.4 is 5.73 Å².